The number of carboxylic acids is 1. The van der Waals surface area contributed by atoms with E-state index < -0.39 is 12.1 Å². The maximum Gasteiger partial charge on any atom is 0.335 e. The Hall–Kier alpha value is -0.610. The summed E-state index contributed by atoms with van der Waals surface area (Å²) in [5.74, 6) is -0.942. The van der Waals surface area contributed by atoms with Crippen LogP contribution < -0.4 is 0 Å². The minimum atomic E-state index is -0.942. The fraction of sp³-hybridized carbons (Fsp3) is 0.923. The third-order valence-electron chi connectivity index (χ3n) is 3.41. The van der Waals surface area contributed by atoms with Gasteiger partial charge in [-0.05, 0) is 38.0 Å². The van der Waals surface area contributed by atoms with Crippen LogP contribution in [-0.2, 0) is 14.3 Å². The predicted octanol–water partition coefficient (Wildman–Crippen LogP) is 2.46. The molecule has 1 fully saturated rings. The van der Waals surface area contributed by atoms with Gasteiger partial charge in [0, 0.05) is 6.61 Å². The van der Waals surface area contributed by atoms with Crippen molar-refractivity contribution in [3.8, 4) is 0 Å². The first-order valence-corrected chi connectivity index (χ1v) is 6.40. The van der Waals surface area contributed by atoms with Crippen molar-refractivity contribution in [3.05, 3.63) is 0 Å². The van der Waals surface area contributed by atoms with Crippen LogP contribution in [0.3, 0.4) is 0 Å². The molecule has 0 heterocycles. The lowest BCUT2D eigenvalue weighted by atomic mass is 9.76. The molecular formula is C13H24O4. The summed E-state index contributed by atoms with van der Waals surface area (Å²) in [6, 6.07) is 0. The van der Waals surface area contributed by atoms with Crippen LogP contribution in [0, 0.1) is 5.41 Å². The number of carbonyl (C=O) groups is 1. The van der Waals surface area contributed by atoms with Gasteiger partial charge in [-0.15, -0.1) is 0 Å². The Labute approximate surface area is 103 Å². The van der Waals surface area contributed by atoms with Crippen molar-refractivity contribution in [2.75, 3.05) is 13.2 Å². The van der Waals surface area contributed by atoms with E-state index in [2.05, 4.69) is 13.8 Å². The predicted molar refractivity (Wildman–Crippen MR) is 65.0 cm³/mol. The number of carboxylic acid groups (broad SMARTS) is 1. The summed E-state index contributed by atoms with van der Waals surface area (Å²) in [7, 11) is 0. The minimum Gasteiger partial charge on any atom is -0.479 e. The van der Waals surface area contributed by atoms with E-state index in [-0.39, 0.29) is 12.7 Å². The van der Waals surface area contributed by atoms with Gasteiger partial charge >= 0.3 is 5.97 Å². The first-order chi connectivity index (χ1) is 7.94. The molecule has 1 saturated carbocycles. The van der Waals surface area contributed by atoms with Crippen LogP contribution in [0.1, 0.15) is 46.5 Å². The molecule has 0 saturated heterocycles. The van der Waals surface area contributed by atoms with Crippen LogP contribution in [0.5, 0.6) is 0 Å². The molecule has 1 aliphatic carbocycles. The number of rotatable bonds is 6. The zero-order valence-corrected chi connectivity index (χ0v) is 11.1. The number of hydrogen-bond donors (Lipinski definition) is 1. The van der Waals surface area contributed by atoms with Gasteiger partial charge in [-0.2, -0.15) is 0 Å². The molecule has 0 bridgehead atoms. The number of hydrogen-bond acceptors (Lipinski definition) is 3. The van der Waals surface area contributed by atoms with Crippen molar-refractivity contribution in [2.24, 2.45) is 5.41 Å². The zero-order valence-electron chi connectivity index (χ0n) is 11.1. The second-order valence-corrected chi connectivity index (χ2v) is 5.48. The van der Waals surface area contributed by atoms with Crippen molar-refractivity contribution in [2.45, 2.75) is 58.7 Å². The molecule has 100 valence electrons. The van der Waals surface area contributed by atoms with Gasteiger partial charge in [0.2, 0.25) is 0 Å². The van der Waals surface area contributed by atoms with Gasteiger partial charge in [-0.3, -0.25) is 0 Å². The van der Waals surface area contributed by atoms with E-state index in [0.29, 0.717) is 12.0 Å². The quantitative estimate of drug-likeness (QED) is 0.779. The second-order valence-electron chi connectivity index (χ2n) is 5.48. The van der Waals surface area contributed by atoms with Crippen LogP contribution in [0.4, 0.5) is 0 Å². The summed E-state index contributed by atoms with van der Waals surface area (Å²) < 4.78 is 10.8. The standard InChI is InChI=1S/C13H24O4/c1-4-16-11(12(14)15)9-17-10-5-7-13(2,3)8-6-10/h10-11H,4-9H2,1-3H3,(H,14,15). The molecule has 0 aromatic carbocycles. The van der Waals surface area contributed by atoms with Gasteiger partial charge in [0.1, 0.15) is 0 Å². The molecule has 0 aromatic heterocycles. The first kappa shape index (κ1) is 14.5. The molecular weight excluding hydrogens is 220 g/mol. The highest BCUT2D eigenvalue weighted by molar-refractivity contribution is 5.72. The fourth-order valence-corrected chi connectivity index (χ4v) is 2.15. The van der Waals surface area contributed by atoms with Crippen molar-refractivity contribution in [1.82, 2.24) is 0 Å². The van der Waals surface area contributed by atoms with E-state index in [9.17, 15) is 4.79 Å². The van der Waals surface area contributed by atoms with Gasteiger partial charge in [-0.25, -0.2) is 4.79 Å². The smallest absolute Gasteiger partial charge is 0.335 e. The summed E-state index contributed by atoms with van der Waals surface area (Å²) in [6.45, 7) is 6.89. The maximum absolute atomic E-state index is 10.9. The van der Waals surface area contributed by atoms with Crippen molar-refractivity contribution in [1.29, 1.82) is 0 Å². The molecule has 0 spiro atoms. The minimum absolute atomic E-state index is 0.161. The highest BCUT2D eigenvalue weighted by Gasteiger charge is 2.28. The van der Waals surface area contributed by atoms with Crippen LogP contribution in [0.15, 0.2) is 0 Å². The molecule has 4 nitrogen and oxygen atoms in total. The third-order valence-corrected chi connectivity index (χ3v) is 3.41. The lowest BCUT2D eigenvalue weighted by molar-refractivity contribution is -0.156. The molecule has 1 atom stereocenters. The molecule has 0 aliphatic heterocycles. The Morgan fingerprint density at radius 1 is 1.41 bits per heavy atom. The Bertz CT molecular complexity index is 240. The summed E-state index contributed by atoms with van der Waals surface area (Å²) in [6.07, 6.45) is 3.70. The molecule has 0 radical (unpaired) electrons. The highest BCUT2D eigenvalue weighted by Crippen LogP contribution is 2.36. The largest absolute Gasteiger partial charge is 0.479 e. The normalized spacial score (nSPS) is 22.3. The van der Waals surface area contributed by atoms with E-state index in [1.165, 1.54) is 0 Å². The van der Waals surface area contributed by atoms with Crippen LogP contribution in [-0.4, -0.2) is 36.5 Å². The zero-order chi connectivity index (χ0) is 12.9. The van der Waals surface area contributed by atoms with E-state index >= 15 is 0 Å². The molecule has 0 aromatic rings. The Morgan fingerprint density at radius 2 is 2.00 bits per heavy atom. The van der Waals surface area contributed by atoms with Gasteiger partial charge < -0.3 is 14.6 Å². The topological polar surface area (TPSA) is 55.8 Å². The molecule has 1 unspecified atom stereocenters. The number of aliphatic carboxylic acids is 1. The second kappa shape index (κ2) is 6.36. The van der Waals surface area contributed by atoms with Crippen LogP contribution in [0.2, 0.25) is 0 Å². The monoisotopic (exact) mass is 244 g/mol. The van der Waals surface area contributed by atoms with Crippen molar-refractivity contribution in [3.63, 3.8) is 0 Å². The molecule has 1 aliphatic rings. The Balaban J connectivity index is 2.28. The van der Waals surface area contributed by atoms with E-state index in [1.54, 1.807) is 6.92 Å². The number of ether oxygens (including phenoxy) is 2. The molecule has 0 amide bonds. The summed E-state index contributed by atoms with van der Waals surface area (Å²) in [5, 5.41) is 8.91. The highest BCUT2D eigenvalue weighted by atomic mass is 16.6. The van der Waals surface area contributed by atoms with E-state index in [0.717, 1.165) is 25.7 Å². The fourth-order valence-electron chi connectivity index (χ4n) is 2.15. The summed E-state index contributed by atoms with van der Waals surface area (Å²) in [5.41, 5.74) is 0.409. The average Bonchev–Trinajstić information content (AvgIpc) is 2.25. The van der Waals surface area contributed by atoms with Gasteiger partial charge in [0.15, 0.2) is 6.10 Å². The van der Waals surface area contributed by atoms with E-state index in [4.69, 9.17) is 14.6 Å². The third kappa shape index (κ3) is 5.04. The summed E-state index contributed by atoms with van der Waals surface area (Å²) >= 11 is 0. The van der Waals surface area contributed by atoms with Crippen molar-refractivity contribution < 1.29 is 19.4 Å². The van der Waals surface area contributed by atoms with Gasteiger partial charge in [0.05, 0.1) is 12.7 Å². The molecule has 1 N–H and O–H groups in total. The van der Waals surface area contributed by atoms with Gasteiger partial charge in [0.25, 0.3) is 0 Å². The SMILES string of the molecule is CCOC(COC1CCC(C)(C)CC1)C(=O)O. The molecule has 17 heavy (non-hydrogen) atoms. The van der Waals surface area contributed by atoms with Crippen LogP contribution >= 0.6 is 0 Å². The average molecular weight is 244 g/mol. The lowest BCUT2D eigenvalue weighted by Crippen LogP contribution is -2.33. The first-order valence-electron chi connectivity index (χ1n) is 6.40. The molecule has 4 heteroatoms. The maximum atomic E-state index is 10.9. The van der Waals surface area contributed by atoms with Gasteiger partial charge in [-0.1, -0.05) is 13.8 Å². The summed E-state index contributed by atoms with van der Waals surface area (Å²) in [4.78, 5) is 10.9. The molecule has 1 rings (SSSR count). The Kier molecular flexibility index (Phi) is 5.40. The van der Waals surface area contributed by atoms with E-state index in [1.807, 2.05) is 0 Å². The van der Waals surface area contributed by atoms with Crippen molar-refractivity contribution >= 4 is 5.97 Å². The lowest BCUT2D eigenvalue weighted by Gasteiger charge is -2.34. The Morgan fingerprint density at radius 3 is 2.47 bits per heavy atom. The van der Waals surface area contributed by atoms with Crippen LogP contribution in [0.25, 0.3) is 0 Å².